The Hall–Kier alpha value is -1.10. The number of hydrogen-bond donors (Lipinski definition) is 3. The van der Waals surface area contributed by atoms with Crippen LogP contribution < -0.4 is 16.4 Å². The fourth-order valence-corrected chi connectivity index (χ4v) is 1.91. The molecule has 0 radical (unpaired) electrons. The highest BCUT2D eigenvalue weighted by atomic mass is 16.2. The molecule has 1 fully saturated rings. The highest BCUT2D eigenvalue weighted by Gasteiger charge is 2.30. The summed E-state index contributed by atoms with van der Waals surface area (Å²) in [7, 11) is 0. The summed E-state index contributed by atoms with van der Waals surface area (Å²) in [5, 5.41) is 5.75. The molecule has 104 valence electrons. The molecule has 1 rings (SSSR count). The molecule has 5 heteroatoms. The normalized spacial score (nSPS) is 16.1. The molecule has 0 aromatic carbocycles. The number of hydrogen-bond acceptors (Lipinski definition) is 3. The van der Waals surface area contributed by atoms with Crippen LogP contribution in [0.5, 0.6) is 0 Å². The quantitative estimate of drug-likeness (QED) is 0.562. The summed E-state index contributed by atoms with van der Waals surface area (Å²) >= 11 is 0. The van der Waals surface area contributed by atoms with Gasteiger partial charge in [-0.3, -0.25) is 9.59 Å². The molecule has 0 aromatic rings. The van der Waals surface area contributed by atoms with Gasteiger partial charge >= 0.3 is 0 Å². The maximum absolute atomic E-state index is 11.6. The van der Waals surface area contributed by atoms with Crippen molar-refractivity contribution in [3.8, 4) is 0 Å². The summed E-state index contributed by atoms with van der Waals surface area (Å²) in [4.78, 5) is 23.0. The Morgan fingerprint density at radius 2 is 1.94 bits per heavy atom. The van der Waals surface area contributed by atoms with Crippen LogP contribution in [0.2, 0.25) is 0 Å². The highest BCUT2D eigenvalue weighted by Crippen LogP contribution is 2.32. The summed E-state index contributed by atoms with van der Waals surface area (Å²) < 4.78 is 0. The number of rotatable bonds is 9. The van der Waals surface area contributed by atoms with Crippen molar-refractivity contribution in [1.29, 1.82) is 0 Å². The Morgan fingerprint density at radius 3 is 2.50 bits per heavy atom. The van der Waals surface area contributed by atoms with Crippen molar-refractivity contribution in [3.05, 3.63) is 0 Å². The highest BCUT2D eigenvalue weighted by molar-refractivity contribution is 5.79. The fourth-order valence-electron chi connectivity index (χ4n) is 1.91. The molecule has 1 saturated carbocycles. The Bertz CT molecular complexity index is 277. The van der Waals surface area contributed by atoms with Gasteiger partial charge in [-0.2, -0.15) is 0 Å². The van der Waals surface area contributed by atoms with Crippen molar-refractivity contribution in [2.24, 2.45) is 11.7 Å². The van der Waals surface area contributed by atoms with E-state index in [0.29, 0.717) is 38.3 Å². The fraction of sp³-hybridized carbons (Fsp3) is 0.846. The van der Waals surface area contributed by atoms with Crippen molar-refractivity contribution in [2.75, 3.05) is 13.1 Å². The molecule has 1 aliphatic rings. The van der Waals surface area contributed by atoms with Crippen LogP contribution in [0.3, 0.4) is 0 Å². The van der Waals surface area contributed by atoms with E-state index in [-0.39, 0.29) is 17.9 Å². The maximum Gasteiger partial charge on any atom is 0.220 e. The number of nitrogens with two attached hydrogens (primary N) is 1. The third-order valence-electron chi connectivity index (χ3n) is 3.17. The molecular weight excluding hydrogens is 230 g/mol. The standard InChI is InChI=1S/C13H25N3O2/c1-2-8-15-12(17)4-3-5-13(18)16-11(9-14)10-6-7-10/h10-11H,2-9,14H2,1H3,(H,15,17)(H,16,18). The summed E-state index contributed by atoms with van der Waals surface area (Å²) in [6.07, 6.45) is 4.70. The third kappa shape index (κ3) is 6.00. The van der Waals surface area contributed by atoms with Gasteiger partial charge in [0, 0.05) is 32.0 Å². The second kappa shape index (κ2) is 8.08. The van der Waals surface area contributed by atoms with Gasteiger partial charge in [-0.15, -0.1) is 0 Å². The molecule has 0 heterocycles. The largest absolute Gasteiger partial charge is 0.356 e. The van der Waals surface area contributed by atoms with Crippen LogP contribution in [0, 0.1) is 5.92 Å². The molecule has 0 bridgehead atoms. The Balaban J connectivity index is 2.07. The summed E-state index contributed by atoms with van der Waals surface area (Å²) in [6.45, 7) is 3.23. The number of carbonyl (C=O) groups excluding carboxylic acids is 2. The van der Waals surface area contributed by atoms with Gasteiger partial charge in [0.05, 0.1) is 0 Å². The van der Waals surface area contributed by atoms with E-state index in [4.69, 9.17) is 5.73 Å². The minimum absolute atomic E-state index is 0.0145. The maximum atomic E-state index is 11.6. The lowest BCUT2D eigenvalue weighted by molar-refractivity contribution is -0.122. The molecule has 0 spiro atoms. The van der Waals surface area contributed by atoms with Gasteiger partial charge in [0.25, 0.3) is 0 Å². The lowest BCUT2D eigenvalue weighted by Crippen LogP contribution is -2.41. The minimum Gasteiger partial charge on any atom is -0.356 e. The van der Waals surface area contributed by atoms with E-state index >= 15 is 0 Å². The molecule has 0 saturated heterocycles. The van der Waals surface area contributed by atoms with Crippen molar-refractivity contribution in [3.63, 3.8) is 0 Å². The van der Waals surface area contributed by atoms with Gasteiger partial charge < -0.3 is 16.4 Å². The molecule has 1 unspecified atom stereocenters. The average Bonchev–Trinajstić information content (AvgIpc) is 3.17. The number of carbonyl (C=O) groups is 2. The summed E-state index contributed by atoms with van der Waals surface area (Å²) in [6, 6.07) is 0.131. The smallest absolute Gasteiger partial charge is 0.220 e. The van der Waals surface area contributed by atoms with Crippen LogP contribution in [0.25, 0.3) is 0 Å². The lowest BCUT2D eigenvalue weighted by Gasteiger charge is -2.15. The van der Waals surface area contributed by atoms with Crippen molar-refractivity contribution >= 4 is 11.8 Å². The van der Waals surface area contributed by atoms with Gasteiger partial charge in [-0.25, -0.2) is 0 Å². The SMILES string of the molecule is CCCNC(=O)CCCC(=O)NC(CN)C1CC1. The number of amides is 2. The van der Waals surface area contributed by atoms with Crippen LogP contribution >= 0.6 is 0 Å². The molecule has 0 aliphatic heterocycles. The third-order valence-corrected chi connectivity index (χ3v) is 3.17. The van der Waals surface area contributed by atoms with Gasteiger partial charge in [-0.1, -0.05) is 6.92 Å². The van der Waals surface area contributed by atoms with E-state index in [1.807, 2.05) is 6.92 Å². The van der Waals surface area contributed by atoms with Gasteiger partial charge in [0.1, 0.15) is 0 Å². The van der Waals surface area contributed by atoms with Crippen LogP contribution in [0.4, 0.5) is 0 Å². The summed E-state index contributed by atoms with van der Waals surface area (Å²) in [5.74, 6) is 0.620. The molecule has 5 nitrogen and oxygen atoms in total. The zero-order chi connectivity index (χ0) is 13.4. The first-order valence-corrected chi connectivity index (χ1v) is 6.93. The Kier molecular flexibility index (Phi) is 6.72. The number of nitrogens with one attached hydrogen (secondary N) is 2. The van der Waals surface area contributed by atoms with Gasteiger partial charge in [-0.05, 0) is 31.6 Å². The van der Waals surface area contributed by atoms with Crippen LogP contribution in [-0.2, 0) is 9.59 Å². The van der Waals surface area contributed by atoms with Crippen LogP contribution in [0.15, 0.2) is 0 Å². The molecule has 18 heavy (non-hydrogen) atoms. The monoisotopic (exact) mass is 255 g/mol. The van der Waals surface area contributed by atoms with Crippen molar-refractivity contribution < 1.29 is 9.59 Å². The molecule has 4 N–H and O–H groups in total. The topological polar surface area (TPSA) is 84.2 Å². The Morgan fingerprint density at radius 1 is 1.28 bits per heavy atom. The van der Waals surface area contributed by atoms with Crippen molar-refractivity contribution in [2.45, 2.75) is 51.5 Å². The summed E-state index contributed by atoms with van der Waals surface area (Å²) in [5.41, 5.74) is 5.61. The van der Waals surface area contributed by atoms with Crippen LogP contribution in [-0.4, -0.2) is 30.9 Å². The molecule has 2 amide bonds. The van der Waals surface area contributed by atoms with E-state index in [1.165, 1.54) is 12.8 Å². The second-order valence-electron chi connectivity index (χ2n) is 4.95. The van der Waals surface area contributed by atoms with E-state index in [9.17, 15) is 9.59 Å². The molecule has 1 aliphatic carbocycles. The van der Waals surface area contributed by atoms with Crippen LogP contribution in [0.1, 0.15) is 45.4 Å². The molecule has 0 aromatic heterocycles. The lowest BCUT2D eigenvalue weighted by atomic mass is 10.1. The van der Waals surface area contributed by atoms with E-state index < -0.39 is 0 Å². The van der Waals surface area contributed by atoms with E-state index in [1.54, 1.807) is 0 Å². The Labute approximate surface area is 109 Å². The zero-order valence-corrected chi connectivity index (χ0v) is 11.2. The first kappa shape index (κ1) is 15.0. The zero-order valence-electron chi connectivity index (χ0n) is 11.2. The minimum atomic E-state index is 0.0145. The van der Waals surface area contributed by atoms with Gasteiger partial charge in [0.2, 0.25) is 11.8 Å². The first-order chi connectivity index (χ1) is 8.67. The van der Waals surface area contributed by atoms with E-state index in [2.05, 4.69) is 10.6 Å². The predicted molar refractivity (Wildman–Crippen MR) is 70.9 cm³/mol. The van der Waals surface area contributed by atoms with Crippen molar-refractivity contribution in [1.82, 2.24) is 10.6 Å². The molecule has 1 atom stereocenters. The average molecular weight is 255 g/mol. The second-order valence-corrected chi connectivity index (χ2v) is 4.95. The van der Waals surface area contributed by atoms with E-state index in [0.717, 1.165) is 6.42 Å². The predicted octanol–water partition coefficient (Wildman–Crippen LogP) is 0.536. The molecular formula is C13H25N3O2. The van der Waals surface area contributed by atoms with Gasteiger partial charge in [0.15, 0.2) is 0 Å². The first-order valence-electron chi connectivity index (χ1n) is 6.93.